The van der Waals surface area contributed by atoms with Gasteiger partial charge >= 0.3 is 5.97 Å². The average Bonchev–Trinajstić information content (AvgIpc) is 2.36. The second-order valence-electron chi connectivity index (χ2n) is 2.78. The molecule has 11 heavy (non-hydrogen) atoms. The Hall–Kier alpha value is -0.830. The number of carboxylic acids is 1. The summed E-state index contributed by atoms with van der Waals surface area (Å²) in [6.45, 7) is 5.17. The van der Waals surface area contributed by atoms with Crippen LogP contribution >= 0.6 is 0 Å². The molecule has 0 bridgehead atoms. The molecule has 1 aliphatic rings. The summed E-state index contributed by atoms with van der Waals surface area (Å²) in [7, 11) is 0. The van der Waals surface area contributed by atoms with Gasteiger partial charge in [-0.15, -0.1) is 6.58 Å². The highest BCUT2D eigenvalue weighted by Gasteiger charge is 2.28. The van der Waals surface area contributed by atoms with Crippen molar-refractivity contribution >= 4 is 5.97 Å². The largest absolute Gasteiger partial charge is 0.480 e. The molecule has 0 saturated carbocycles. The highest BCUT2D eigenvalue weighted by Crippen LogP contribution is 2.16. The molecule has 62 valence electrons. The van der Waals surface area contributed by atoms with Gasteiger partial charge in [0.2, 0.25) is 0 Å². The fraction of sp³-hybridized carbons (Fsp3) is 0.625. The van der Waals surface area contributed by atoms with Gasteiger partial charge in [-0.25, -0.2) is 0 Å². The van der Waals surface area contributed by atoms with E-state index in [4.69, 9.17) is 5.11 Å². The van der Waals surface area contributed by atoms with Crippen LogP contribution < -0.4 is 0 Å². The molecule has 1 saturated heterocycles. The van der Waals surface area contributed by atoms with E-state index in [2.05, 4.69) is 6.58 Å². The topological polar surface area (TPSA) is 40.5 Å². The van der Waals surface area contributed by atoms with Crippen molar-refractivity contribution in [3.63, 3.8) is 0 Å². The quantitative estimate of drug-likeness (QED) is 0.610. The van der Waals surface area contributed by atoms with Crippen LogP contribution in [0.2, 0.25) is 0 Å². The minimum Gasteiger partial charge on any atom is -0.480 e. The number of hydrogen-bond donors (Lipinski definition) is 1. The first-order valence-electron chi connectivity index (χ1n) is 3.83. The Balaban J connectivity index is 2.50. The van der Waals surface area contributed by atoms with Crippen molar-refractivity contribution in [3.8, 4) is 0 Å². The Morgan fingerprint density at radius 2 is 2.55 bits per heavy atom. The number of hydrogen-bond acceptors (Lipinski definition) is 2. The van der Waals surface area contributed by atoms with Crippen LogP contribution in [0, 0.1) is 0 Å². The van der Waals surface area contributed by atoms with E-state index in [1.807, 2.05) is 4.90 Å². The smallest absolute Gasteiger partial charge is 0.320 e. The molecule has 1 heterocycles. The van der Waals surface area contributed by atoms with E-state index in [-0.39, 0.29) is 6.04 Å². The molecule has 0 aromatic heterocycles. The van der Waals surface area contributed by atoms with Gasteiger partial charge in [0.05, 0.1) is 0 Å². The summed E-state index contributed by atoms with van der Waals surface area (Å²) in [5.74, 6) is -0.704. The predicted molar refractivity (Wildman–Crippen MR) is 42.4 cm³/mol. The molecular formula is C8H13NO2. The van der Waals surface area contributed by atoms with Crippen LogP contribution in [-0.2, 0) is 4.79 Å². The number of nitrogens with zero attached hydrogens (tertiary/aromatic N) is 1. The maximum absolute atomic E-state index is 10.6. The summed E-state index contributed by atoms with van der Waals surface area (Å²) < 4.78 is 0. The Kier molecular flexibility index (Phi) is 2.65. The molecule has 1 unspecified atom stereocenters. The van der Waals surface area contributed by atoms with E-state index in [1.165, 1.54) is 0 Å². The molecule has 1 fully saturated rings. The van der Waals surface area contributed by atoms with Gasteiger partial charge in [-0.05, 0) is 19.4 Å². The normalized spacial score (nSPS) is 25.3. The highest BCUT2D eigenvalue weighted by atomic mass is 16.4. The minimum atomic E-state index is -0.704. The molecule has 1 rings (SSSR count). The Labute approximate surface area is 66.3 Å². The first-order valence-corrected chi connectivity index (χ1v) is 3.83. The minimum absolute atomic E-state index is 0.270. The number of aliphatic carboxylic acids is 1. The van der Waals surface area contributed by atoms with Crippen LogP contribution in [0.5, 0.6) is 0 Å². The first kappa shape index (κ1) is 8.27. The van der Waals surface area contributed by atoms with E-state index >= 15 is 0 Å². The number of rotatable bonds is 3. The van der Waals surface area contributed by atoms with E-state index < -0.39 is 5.97 Å². The van der Waals surface area contributed by atoms with Crippen molar-refractivity contribution in [1.82, 2.24) is 4.90 Å². The molecule has 1 atom stereocenters. The van der Waals surface area contributed by atoms with Crippen LogP contribution in [-0.4, -0.2) is 35.1 Å². The SMILES string of the molecule is C=CCN1CCCC1C(=O)O. The Morgan fingerprint density at radius 3 is 3.09 bits per heavy atom. The maximum atomic E-state index is 10.6. The third-order valence-corrected chi connectivity index (χ3v) is 2.01. The van der Waals surface area contributed by atoms with Gasteiger partial charge in [0.15, 0.2) is 0 Å². The van der Waals surface area contributed by atoms with Crippen LogP contribution in [0.1, 0.15) is 12.8 Å². The van der Waals surface area contributed by atoms with Crippen LogP contribution in [0.4, 0.5) is 0 Å². The second kappa shape index (κ2) is 3.53. The van der Waals surface area contributed by atoms with Gasteiger partial charge in [-0.1, -0.05) is 6.08 Å². The summed E-state index contributed by atoms with van der Waals surface area (Å²) in [4.78, 5) is 12.6. The predicted octanol–water partition coefficient (Wildman–Crippen LogP) is 0.721. The van der Waals surface area contributed by atoms with Gasteiger partial charge < -0.3 is 5.11 Å². The van der Waals surface area contributed by atoms with Crippen molar-refractivity contribution in [2.75, 3.05) is 13.1 Å². The standard InChI is InChI=1S/C8H13NO2/c1-2-5-9-6-3-4-7(9)8(10)11/h2,7H,1,3-6H2,(H,10,11). The molecule has 0 spiro atoms. The molecule has 0 aromatic carbocycles. The Morgan fingerprint density at radius 1 is 1.82 bits per heavy atom. The lowest BCUT2D eigenvalue weighted by Gasteiger charge is -2.18. The first-order chi connectivity index (χ1) is 5.25. The van der Waals surface area contributed by atoms with Gasteiger partial charge in [0, 0.05) is 6.54 Å². The third kappa shape index (κ3) is 1.80. The lowest BCUT2D eigenvalue weighted by Crippen LogP contribution is -2.35. The number of carbonyl (C=O) groups is 1. The van der Waals surface area contributed by atoms with Gasteiger partial charge in [0.1, 0.15) is 6.04 Å². The van der Waals surface area contributed by atoms with Crippen LogP contribution in [0.15, 0.2) is 12.7 Å². The van der Waals surface area contributed by atoms with E-state index in [0.29, 0.717) is 6.54 Å². The van der Waals surface area contributed by atoms with Crippen molar-refractivity contribution in [1.29, 1.82) is 0 Å². The lowest BCUT2D eigenvalue weighted by molar-refractivity contribution is -0.141. The summed E-state index contributed by atoms with van der Waals surface area (Å²) in [5, 5.41) is 8.73. The summed E-state index contributed by atoms with van der Waals surface area (Å²) in [5.41, 5.74) is 0. The molecular weight excluding hydrogens is 142 g/mol. The third-order valence-electron chi connectivity index (χ3n) is 2.01. The van der Waals surface area contributed by atoms with Crippen molar-refractivity contribution in [3.05, 3.63) is 12.7 Å². The summed E-state index contributed by atoms with van der Waals surface area (Å²) in [6.07, 6.45) is 3.52. The van der Waals surface area contributed by atoms with Crippen LogP contribution in [0.25, 0.3) is 0 Å². The zero-order valence-corrected chi connectivity index (χ0v) is 6.49. The molecule has 3 nitrogen and oxygen atoms in total. The molecule has 3 heteroatoms. The second-order valence-corrected chi connectivity index (χ2v) is 2.78. The van der Waals surface area contributed by atoms with E-state index in [9.17, 15) is 4.79 Å². The van der Waals surface area contributed by atoms with Crippen molar-refractivity contribution in [2.24, 2.45) is 0 Å². The summed E-state index contributed by atoms with van der Waals surface area (Å²) >= 11 is 0. The molecule has 0 radical (unpaired) electrons. The lowest BCUT2D eigenvalue weighted by atomic mass is 10.2. The number of likely N-dealkylation sites (tertiary alicyclic amines) is 1. The Bertz CT molecular complexity index is 167. The molecule has 1 N–H and O–H groups in total. The fourth-order valence-electron chi connectivity index (χ4n) is 1.49. The summed E-state index contributed by atoms with van der Waals surface area (Å²) in [6, 6.07) is -0.270. The van der Waals surface area contributed by atoms with Crippen molar-refractivity contribution in [2.45, 2.75) is 18.9 Å². The van der Waals surface area contributed by atoms with Crippen molar-refractivity contribution < 1.29 is 9.90 Å². The molecule has 0 amide bonds. The maximum Gasteiger partial charge on any atom is 0.320 e. The molecule has 0 aliphatic carbocycles. The highest BCUT2D eigenvalue weighted by molar-refractivity contribution is 5.73. The van der Waals surface area contributed by atoms with Gasteiger partial charge in [-0.2, -0.15) is 0 Å². The molecule has 0 aromatic rings. The average molecular weight is 155 g/mol. The fourth-order valence-corrected chi connectivity index (χ4v) is 1.49. The van der Waals surface area contributed by atoms with Crippen LogP contribution in [0.3, 0.4) is 0 Å². The molecule has 1 aliphatic heterocycles. The zero-order chi connectivity index (χ0) is 8.27. The van der Waals surface area contributed by atoms with Gasteiger partial charge in [-0.3, -0.25) is 9.69 Å². The van der Waals surface area contributed by atoms with E-state index in [1.54, 1.807) is 6.08 Å². The van der Waals surface area contributed by atoms with E-state index in [0.717, 1.165) is 19.4 Å². The zero-order valence-electron chi connectivity index (χ0n) is 6.49. The number of carboxylic acid groups (broad SMARTS) is 1. The van der Waals surface area contributed by atoms with Gasteiger partial charge in [0.25, 0.3) is 0 Å². The monoisotopic (exact) mass is 155 g/mol.